The summed E-state index contributed by atoms with van der Waals surface area (Å²) in [6.45, 7) is 4.57. The van der Waals surface area contributed by atoms with Gasteiger partial charge in [-0.1, -0.05) is 94.5 Å². The second-order valence-electron chi connectivity index (χ2n) is 2.90. The highest BCUT2D eigenvalue weighted by Gasteiger charge is 2.15. The van der Waals surface area contributed by atoms with Crippen LogP contribution in [0.3, 0.4) is 0 Å². The van der Waals surface area contributed by atoms with E-state index in [9.17, 15) is 0 Å². The van der Waals surface area contributed by atoms with Crippen molar-refractivity contribution in [3.05, 3.63) is 0 Å². The molecule has 0 amide bonds. The van der Waals surface area contributed by atoms with Crippen molar-refractivity contribution in [1.29, 1.82) is 0 Å². The van der Waals surface area contributed by atoms with E-state index >= 15 is 0 Å². The lowest BCUT2D eigenvalue weighted by Crippen LogP contribution is -1.99. The Morgan fingerprint density at radius 2 is 1.70 bits per heavy atom. The van der Waals surface area contributed by atoms with Crippen molar-refractivity contribution in [2.75, 3.05) is 0 Å². The Hall–Kier alpha value is 2.19. The molecule has 0 fully saturated rings. The van der Waals surface area contributed by atoms with E-state index in [4.69, 9.17) is 0 Å². The van der Waals surface area contributed by atoms with Gasteiger partial charge in [-0.25, -0.2) is 0 Å². The first-order chi connectivity index (χ1) is 4.42. The van der Waals surface area contributed by atoms with Gasteiger partial charge in [0.2, 0.25) is 0 Å². The molecule has 0 saturated carbocycles. The van der Waals surface area contributed by atoms with Crippen LogP contribution < -0.4 is 0 Å². The van der Waals surface area contributed by atoms with Crippen LogP contribution in [0.1, 0.15) is 33.1 Å². The van der Waals surface area contributed by atoms with Crippen molar-refractivity contribution in [3.8, 4) is 0 Å². The minimum absolute atomic E-state index is 0.447. The van der Waals surface area contributed by atoms with Gasteiger partial charge in [0.15, 0.2) is 0 Å². The SMILES string of the molecule is CC(C)CCCC(I)(I)I. The number of halogens is 3. The summed E-state index contributed by atoms with van der Waals surface area (Å²) in [6, 6.07) is 0. The topological polar surface area (TPSA) is 0 Å². The lowest BCUT2D eigenvalue weighted by molar-refractivity contribution is 0.550. The average Bonchev–Trinajstić information content (AvgIpc) is 1.59. The van der Waals surface area contributed by atoms with Crippen LogP contribution in [0.5, 0.6) is 0 Å². The molecule has 0 saturated heterocycles. The molecule has 0 spiro atoms. The molecule has 0 aliphatic carbocycles. The zero-order valence-electron chi connectivity index (χ0n) is 6.33. The number of hydrogen-bond donors (Lipinski definition) is 0. The van der Waals surface area contributed by atoms with Gasteiger partial charge in [-0.05, 0) is 12.3 Å². The van der Waals surface area contributed by atoms with E-state index in [1.165, 1.54) is 19.3 Å². The van der Waals surface area contributed by atoms with Crippen LogP contribution in [0.25, 0.3) is 0 Å². The Morgan fingerprint density at radius 1 is 1.20 bits per heavy atom. The largest absolute Gasteiger partial charge is 0.124 e. The molecule has 0 aromatic rings. The van der Waals surface area contributed by atoms with Crippen LogP contribution in [0.2, 0.25) is 0 Å². The van der Waals surface area contributed by atoms with Crippen LogP contribution in [0, 0.1) is 5.92 Å². The van der Waals surface area contributed by atoms with Crippen LogP contribution >= 0.6 is 67.8 Å². The summed E-state index contributed by atoms with van der Waals surface area (Å²) in [5, 5.41) is 0. The van der Waals surface area contributed by atoms with Gasteiger partial charge < -0.3 is 0 Å². The fraction of sp³-hybridized carbons (Fsp3) is 1.00. The summed E-state index contributed by atoms with van der Waals surface area (Å²) in [5.74, 6) is 0.867. The maximum atomic E-state index is 2.50. The smallest absolute Gasteiger partial charge is 0.0628 e. The molecule has 10 heavy (non-hydrogen) atoms. The normalized spacial score (nSPS) is 12.6. The van der Waals surface area contributed by atoms with Gasteiger partial charge in [0, 0.05) is 0 Å². The lowest BCUT2D eigenvalue weighted by atomic mass is 10.1. The highest BCUT2D eigenvalue weighted by atomic mass is 127. The van der Waals surface area contributed by atoms with Crippen LogP contribution in [0.15, 0.2) is 0 Å². The van der Waals surface area contributed by atoms with Gasteiger partial charge in [-0.3, -0.25) is 0 Å². The van der Waals surface area contributed by atoms with E-state index in [1.54, 1.807) is 0 Å². The predicted octanol–water partition coefficient (Wildman–Crippen LogP) is 4.77. The molecule has 0 radical (unpaired) electrons. The molecule has 62 valence electrons. The molecule has 3 heteroatoms. The monoisotopic (exact) mass is 478 g/mol. The molecule has 0 bridgehead atoms. The van der Waals surface area contributed by atoms with Crippen molar-refractivity contribution < 1.29 is 0 Å². The Balaban J connectivity index is 3.21. The van der Waals surface area contributed by atoms with Gasteiger partial charge in [0.25, 0.3) is 0 Å². The van der Waals surface area contributed by atoms with Gasteiger partial charge in [-0.15, -0.1) is 0 Å². The summed E-state index contributed by atoms with van der Waals surface area (Å²) >= 11 is 7.49. The van der Waals surface area contributed by atoms with E-state index in [0.29, 0.717) is -0.565 Å². The quantitative estimate of drug-likeness (QED) is 0.404. The van der Waals surface area contributed by atoms with Crippen LogP contribution in [-0.2, 0) is 0 Å². The Bertz CT molecular complexity index is 83.3. The molecule has 0 unspecified atom stereocenters. The first-order valence-corrected chi connectivity index (χ1v) is 6.72. The molecular formula is C7H13I3. The first kappa shape index (κ1) is 12.2. The number of hydrogen-bond acceptors (Lipinski definition) is 0. The molecule has 0 aromatic heterocycles. The number of alkyl halides is 3. The molecule has 0 heterocycles. The molecule has 0 nitrogen and oxygen atoms in total. The van der Waals surface area contributed by atoms with Gasteiger partial charge >= 0.3 is 0 Å². The molecule has 0 aromatic carbocycles. The third kappa shape index (κ3) is 10.2. The highest BCUT2D eigenvalue weighted by Crippen LogP contribution is 2.40. The number of rotatable bonds is 4. The minimum atomic E-state index is 0.447. The van der Waals surface area contributed by atoms with Crippen LogP contribution in [0.4, 0.5) is 0 Å². The van der Waals surface area contributed by atoms with Crippen molar-refractivity contribution in [2.24, 2.45) is 5.92 Å². The van der Waals surface area contributed by atoms with E-state index in [-0.39, 0.29) is 0 Å². The molecular weight excluding hydrogens is 465 g/mol. The second-order valence-corrected chi connectivity index (χ2v) is 14.6. The van der Waals surface area contributed by atoms with E-state index in [0.717, 1.165) is 5.92 Å². The van der Waals surface area contributed by atoms with Crippen molar-refractivity contribution in [3.63, 3.8) is 0 Å². The Morgan fingerprint density at radius 3 is 2.00 bits per heavy atom. The minimum Gasteiger partial charge on any atom is -0.0628 e. The van der Waals surface area contributed by atoms with Gasteiger partial charge in [0.05, 0.1) is 0 Å². The Labute approximate surface area is 105 Å². The van der Waals surface area contributed by atoms with Crippen LogP contribution in [-0.4, -0.2) is -0.565 Å². The maximum absolute atomic E-state index is 2.50. The predicted molar refractivity (Wildman–Crippen MR) is 73.5 cm³/mol. The van der Waals surface area contributed by atoms with Crippen molar-refractivity contribution in [2.45, 2.75) is 32.5 Å². The van der Waals surface area contributed by atoms with Crippen molar-refractivity contribution in [1.82, 2.24) is 0 Å². The third-order valence-electron chi connectivity index (χ3n) is 1.24. The second kappa shape index (κ2) is 5.77. The average molecular weight is 478 g/mol. The maximum Gasteiger partial charge on any atom is 0.124 e. The molecule has 0 rings (SSSR count). The van der Waals surface area contributed by atoms with E-state index in [2.05, 4.69) is 81.6 Å². The van der Waals surface area contributed by atoms with Gasteiger partial charge in [-0.2, -0.15) is 0 Å². The van der Waals surface area contributed by atoms with E-state index in [1.807, 2.05) is 0 Å². The summed E-state index contributed by atoms with van der Waals surface area (Å²) in [5.41, 5.74) is 0. The fourth-order valence-electron chi connectivity index (χ4n) is 0.711. The fourth-order valence-corrected chi connectivity index (χ4v) is 1.85. The summed E-state index contributed by atoms with van der Waals surface area (Å²) in [4.78, 5) is 0. The molecule has 0 aliphatic rings. The summed E-state index contributed by atoms with van der Waals surface area (Å²) in [7, 11) is 0. The zero-order valence-corrected chi connectivity index (χ0v) is 12.8. The van der Waals surface area contributed by atoms with E-state index < -0.39 is 0 Å². The molecule has 0 aliphatic heterocycles. The highest BCUT2D eigenvalue weighted by molar-refractivity contribution is 14.3. The summed E-state index contributed by atoms with van der Waals surface area (Å²) in [6.07, 6.45) is 4.07. The molecule has 0 atom stereocenters. The Kier molecular flexibility index (Phi) is 7.03. The standard InChI is InChI=1S/C7H13I3/c1-6(2)4-3-5-7(8,9)10/h6H,3-5H2,1-2H3. The zero-order chi connectivity index (χ0) is 8.20. The summed E-state index contributed by atoms with van der Waals surface area (Å²) < 4.78 is 0.447. The first-order valence-electron chi connectivity index (χ1n) is 3.48. The lowest BCUT2D eigenvalue weighted by Gasteiger charge is -2.12. The van der Waals surface area contributed by atoms with Gasteiger partial charge in [0.1, 0.15) is -0.565 Å². The molecule has 0 N–H and O–H groups in total. The third-order valence-corrected chi connectivity index (χ3v) is 2.86. The van der Waals surface area contributed by atoms with Crippen molar-refractivity contribution >= 4 is 67.8 Å².